The Kier molecular flexibility index (Phi) is 3.64. The molecule has 0 saturated carbocycles. The van der Waals surface area contributed by atoms with Gasteiger partial charge in [0.2, 0.25) is 0 Å². The van der Waals surface area contributed by atoms with Crippen molar-refractivity contribution in [2.45, 2.75) is 26.4 Å². The number of aryl methyl sites for hydroxylation is 1. The van der Waals surface area contributed by atoms with E-state index in [1.807, 2.05) is 30.0 Å². The first-order chi connectivity index (χ1) is 7.77. The van der Waals surface area contributed by atoms with Gasteiger partial charge in [0.15, 0.2) is 0 Å². The minimum Gasteiger partial charge on any atom is -0.305 e. The summed E-state index contributed by atoms with van der Waals surface area (Å²) in [6.07, 6.45) is 3.64. The number of thiazole rings is 1. The van der Waals surface area contributed by atoms with Gasteiger partial charge in [-0.25, -0.2) is 4.98 Å². The van der Waals surface area contributed by atoms with E-state index in [0.29, 0.717) is 6.04 Å². The molecular formula is C12H15N3S. The molecule has 84 valence electrons. The van der Waals surface area contributed by atoms with Crippen molar-refractivity contribution in [3.05, 3.63) is 46.2 Å². The third-order valence-corrected chi connectivity index (χ3v) is 3.65. The lowest BCUT2D eigenvalue weighted by Gasteiger charge is -2.12. The summed E-state index contributed by atoms with van der Waals surface area (Å²) < 4.78 is 0. The number of hydrogen-bond acceptors (Lipinski definition) is 4. The second-order valence-corrected chi connectivity index (χ2v) is 4.65. The molecule has 16 heavy (non-hydrogen) atoms. The van der Waals surface area contributed by atoms with Crippen molar-refractivity contribution in [2.75, 3.05) is 0 Å². The van der Waals surface area contributed by atoms with Crippen molar-refractivity contribution in [1.29, 1.82) is 0 Å². The number of pyridine rings is 1. The van der Waals surface area contributed by atoms with Gasteiger partial charge in [0, 0.05) is 29.9 Å². The van der Waals surface area contributed by atoms with Gasteiger partial charge in [0.25, 0.3) is 0 Å². The maximum Gasteiger partial charge on any atom is 0.0798 e. The summed E-state index contributed by atoms with van der Waals surface area (Å²) >= 11 is 1.71. The van der Waals surface area contributed by atoms with Gasteiger partial charge in [0.1, 0.15) is 0 Å². The van der Waals surface area contributed by atoms with E-state index in [-0.39, 0.29) is 0 Å². The number of aromatic nitrogens is 2. The van der Waals surface area contributed by atoms with Gasteiger partial charge in [0.05, 0.1) is 11.2 Å². The van der Waals surface area contributed by atoms with Crippen LogP contribution in [0.2, 0.25) is 0 Å². The van der Waals surface area contributed by atoms with Gasteiger partial charge >= 0.3 is 0 Å². The molecule has 0 aliphatic carbocycles. The topological polar surface area (TPSA) is 37.8 Å². The van der Waals surface area contributed by atoms with Gasteiger partial charge in [-0.05, 0) is 31.5 Å². The van der Waals surface area contributed by atoms with E-state index < -0.39 is 0 Å². The summed E-state index contributed by atoms with van der Waals surface area (Å²) in [6, 6.07) is 4.40. The molecule has 0 aromatic carbocycles. The molecule has 2 heterocycles. The lowest BCUT2D eigenvalue weighted by atomic mass is 10.2. The van der Waals surface area contributed by atoms with Crippen molar-refractivity contribution in [3.63, 3.8) is 0 Å². The van der Waals surface area contributed by atoms with Crippen LogP contribution in [0.25, 0.3) is 0 Å². The molecule has 0 aliphatic rings. The molecule has 0 radical (unpaired) electrons. The third kappa shape index (κ3) is 2.65. The van der Waals surface area contributed by atoms with Crippen LogP contribution in [0.1, 0.15) is 29.1 Å². The highest BCUT2D eigenvalue weighted by molar-refractivity contribution is 7.09. The first-order valence-corrected chi connectivity index (χ1v) is 6.17. The molecule has 1 N–H and O–H groups in total. The Morgan fingerprint density at radius 2 is 2.12 bits per heavy atom. The fourth-order valence-electron chi connectivity index (χ4n) is 1.59. The average molecular weight is 233 g/mol. The van der Waals surface area contributed by atoms with E-state index in [9.17, 15) is 0 Å². The summed E-state index contributed by atoms with van der Waals surface area (Å²) in [6.45, 7) is 5.08. The molecule has 0 fully saturated rings. The smallest absolute Gasteiger partial charge is 0.0798 e. The predicted molar refractivity (Wildman–Crippen MR) is 66.3 cm³/mol. The van der Waals surface area contributed by atoms with Crippen LogP contribution in [-0.4, -0.2) is 9.97 Å². The van der Waals surface area contributed by atoms with Crippen molar-refractivity contribution in [3.8, 4) is 0 Å². The Morgan fingerprint density at radius 3 is 2.75 bits per heavy atom. The van der Waals surface area contributed by atoms with Crippen LogP contribution in [0.3, 0.4) is 0 Å². The first kappa shape index (κ1) is 11.2. The Balaban J connectivity index is 1.94. The van der Waals surface area contributed by atoms with E-state index in [1.54, 1.807) is 11.3 Å². The van der Waals surface area contributed by atoms with E-state index in [4.69, 9.17) is 0 Å². The van der Waals surface area contributed by atoms with Crippen LogP contribution in [-0.2, 0) is 6.54 Å². The van der Waals surface area contributed by atoms with E-state index >= 15 is 0 Å². The summed E-state index contributed by atoms with van der Waals surface area (Å²) in [4.78, 5) is 9.58. The van der Waals surface area contributed by atoms with E-state index in [2.05, 4.69) is 29.1 Å². The minimum absolute atomic E-state index is 0.348. The number of rotatable bonds is 4. The molecule has 2 aromatic rings. The average Bonchev–Trinajstić information content (AvgIpc) is 2.74. The summed E-state index contributed by atoms with van der Waals surface area (Å²) in [5.74, 6) is 0. The van der Waals surface area contributed by atoms with Gasteiger partial charge in [-0.3, -0.25) is 4.98 Å². The van der Waals surface area contributed by atoms with E-state index in [1.165, 1.54) is 10.4 Å². The van der Waals surface area contributed by atoms with Crippen molar-refractivity contribution in [1.82, 2.24) is 15.3 Å². The molecule has 0 saturated heterocycles. The van der Waals surface area contributed by atoms with Crippen LogP contribution >= 0.6 is 11.3 Å². The van der Waals surface area contributed by atoms with Gasteiger partial charge in [-0.15, -0.1) is 11.3 Å². The van der Waals surface area contributed by atoms with Gasteiger partial charge in [-0.2, -0.15) is 0 Å². The van der Waals surface area contributed by atoms with Crippen molar-refractivity contribution >= 4 is 11.3 Å². The fraction of sp³-hybridized carbons (Fsp3) is 0.333. The quantitative estimate of drug-likeness (QED) is 0.882. The molecule has 1 atom stereocenters. The van der Waals surface area contributed by atoms with Gasteiger partial charge in [-0.1, -0.05) is 0 Å². The Labute approximate surface area is 99.6 Å². The third-order valence-electron chi connectivity index (χ3n) is 2.54. The van der Waals surface area contributed by atoms with E-state index in [0.717, 1.165) is 12.2 Å². The normalized spacial score (nSPS) is 12.6. The zero-order valence-electron chi connectivity index (χ0n) is 9.47. The van der Waals surface area contributed by atoms with Crippen LogP contribution in [0.15, 0.2) is 30.0 Å². The van der Waals surface area contributed by atoms with Crippen molar-refractivity contribution in [2.24, 2.45) is 0 Å². The highest BCUT2D eigenvalue weighted by Gasteiger charge is 2.09. The zero-order valence-corrected chi connectivity index (χ0v) is 10.3. The minimum atomic E-state index is 0.348. The molecule has 0 spiro atoms. The molecule has 0 amide bonds. The Morgan fingerprint density at radius 1 is 1.38 bits per heavy atom. The second-order valence-electron chi connectivity index (χ2n) is 3.76. The fourth-order valence-corrected chi connectivity index (χ4v) is 2.43. The first-order valence-electron chi connectivity index (χ1n) is 5.29. The second kappa shape index (κ2) is 5.18. The predicted octanol–water partition coefficient (Wildman–Crippen LogP) is 2.70. The van der Waals surface area contributed by atoms with Crippen molar-refractivity contribution < 1.29 is 0 Å². The summed E-state index contributed by atoms with van der Waals surface area (Å²) in [5, 5.41) is 3.48. The zero-order chi connectivity index (χ0) is 11.4. The van der Waals surface area contributed by atoms with Crippen LogP contribution in [0.5, 0.6) is 0 Å². The number of hydrogen-bond donors (Lipinski definition) is 1. The molecule has 1 unspecified atom stereocenters. The number of nitrogens with zero attached hydrogens (tertiary/aromatic N) is 2. The summed E-state index contributed by atoms with van der Waals surface area (Å²) in [7, 11) is 0. The lowest BCUT2D eigenvalue weighted by Crippen LogP contribution is -2.17. The molecule has 2 rings (SSSR count). The Bertz CT molecular complexity index is 439. The van der Waals surface area contributed by atoms with Crippen LogP contribution in [0, 0.1) is 6.92 Å². The molecule has 0 bridgehead atoms. The van der Waals surface area contributed by atoms with Crippen LogP contribution < -0.4 is 5.32 Å². The standard InChI is InChI=1S/C12H15N3S/c1-9(12-10(2)15-8-16-12)14-7-11-3-5-13-6-4-11/h3-6,8-9,14H,7H2,1-2H3. The monoisotopic (exact) mass is 233 g/mol. The number of nitrogens with one attached hydrogen (secondary N) is 1. The molecular weight excluding hydrogens is 218 g/mol. The lowest BCUT2D eigenvalue weighted by molar-refractivity contribution is 0.579. The molecule has 0 aliphatic heterocycles. The maximum absolute atomic E-state index is 4.26. The largest absolute Gasteiger partial charge is 0.305 e. The maximum atomic E-state index is 4.26. The highest BCUT2D eigenvalue weighted by atomic mass is 32.1. The molecule has 2 aromatic heterocycles. The molecule has 4 heteroatoms. The SMILES string of the molecule is Cc1ncsc1C(C)NCc1ccncc1. The Hall–Kier alpha value is -1.26. The summed E-state index contributed by atoms with van der Waals surface area (Å²) in [5.41, 5.74) is 4.28. The van der Waals surface area contributed by atoms with Gasteiger partial charge < -0.3 is 5.32 Å². The highest BCUT2D eigenvalue weighted by Crippen LogP contribution is 2.21. The van der Waals surface area contributed by atoms with Crippen LogP contribution in [0.4, 0.5) is 0 Å². The molecule has 3 nitrogen and oxygen atoms in total.